The number of fused-ring (bicyclic) bond motifs is 3. The molecule has 5 nitrogen and oxygen atoms in total. The van der Waals surface area contributed by atoms with Crippen LogP contribution in [0.15, 0.2) is 58.1 Å². The standard InChI is InChI=1S/C20H19N3O2/c1-2-23-17-6-4-3-5-15(17)16-11-13(8-10-18(16)23)7-9-14-12-19(24)20(25)22-21-14/h3-6,8,10-12H,2,7,9H2,1H3,(H,21,24)(H,22,25). The number of aromatic amines is 2. The van der Waals surface area contributed by atoms with Gasteiger partial charge >= 0.3 is 5.56 Å². The van der Waals surface area contributed by atoms with Gasteiger partial charge in [0.05, 0.1) is 0 Å². The highest BCUT2D eigenvalue weighted by Crippen LogP contribution is 2.29. The summed E-state index contributed by atoms with van der Waals surface area (Å²) < 4.78 is 2.33. The van der Waals surface area contributed by atoms with Crippen LogP contribution < -0.4 is 11.0 Å². The molecule has 0 saturated carbocycles. The summed E-state index contributed by atoms with van der Waals surface area (Å²) in [5, 5.41) is 7.68. The highest BCUT2D eigenvalue weighted by atomic mass is 16.2. The maximum atomic E-state index is 11.4. The molecular formula is C20H19N3O2. The highest BCUT2D eigenvalue weighted by molar-refractivity contribution is 6.08. The fourth-order valence-corrected chi connectivity index (χ4v) is 3.47. The molecule has 2 N–H and O–H groups in total. The van der Waals surface area contributed by atoms with Gasteiger partial charge in [-0.2, -0.15) is 0 Å². The second-order valence-electron chi connectivity index (χ2n) is 6.23. The van der Waals surface area contributed by atoms with Gasteiger partial charge in [0, 0.05) is 40.1 Å². The minimum Gasteiger partial charge on any atom is -0.341 e. The SMILES string of the molecule is CCn1c2ccccc2c2cc(CCc3cc(=O)c(=O)[nH][nH]3)ccc21. The minimum atomic E-state index is -0.613. The molecule has 126 valence electrons. The van der Waals surface area contributed by atoms with Gasteiger partial charge < -0.3 is 9.67 Å². The first-order valence-corrected chi connectivity index (χ1v) is 8.48. The fourth-order valence-electron chi connectivity index (χ4n) is 3.47. The van der Waals surface area contributed by atoms with Crippen LogP contribution in [0.25, 0.3) is 21.8 Å². The number of aromatic nitrogens is 3. The first kappa shape index (κ1) is 15.4. The normalized spacial score (nSPS) is 11.4. The molecule has 0 aliphatic heterocycles. The van der Waals surface area contributed by atoms with E-state index in [2.05, 4.69) is 64.2 Å². The third kappa shape index (κ3) is 2.67. The Labute approximate surface area is 143 Å². The summed E-state index contributed by atoms with van der Waals surface area (Å²) in [6.07, 6.45) is 1.47. The summed E-state index contributed by atoms with van der Waals surface area (Å²) in [5.41, 5.74) is 3.32. The summed E-state index contributed by atoms with van der Waals surface area (Å²) in [6, 6.07) is 16.4. The van der Waals surface area contributed by atoms with Gasteiger partial charge in [0.1, 0.15) is 0 Å². The smallest absolute Gasteiger partial charge is 0.310 e. The predicted octanol–water partition coefficient (Wildman–Crippen LogP) is 2.98. The van der Waals surface area contributed by atoms with Gasteiger partial charge in [-0.15, -0.1) is 0 Å². The van der Waals surface area contributed by atoms with Gasteiger partial charge in [-0.1, -0.05) is 24.3 Å². The van der Waals surface area contributed by atoms with E-state index >= 15 is 0 Å². The molecule has 0 spiro atoms. The number of nitrogens with one attached hydrogen (secondary N) is 2. The van der Waals surface area contributed by atoms with Crippen LogP contribution in [0.5, 0.6) is 0 Å². The number of nitrogens with zero attached hydrogens (tertiary/aromatic N) is 1. The van der Waals surface area contributed by atoms with E-state index in [0.29, 0.717) is 6.42 Å². The van der Waals surface area contributed by atoms with Crippen molar-refractivity contribution in [2.45, 2.75) is 26.3 Å². The number of para-hydroxylation sites is 1. The zero-order chi connectivity index (χ0) is 17.4. The number of hydrogen-bond acceptors (Lipinski definition) is 2. The second-order valence-corrected chi connectivity index (χ2v) is 6.23. The molecule has 0 amide bonds. The van der Waals surface area contributed by atoms with E-state index in [0.717, 1.165) is 18.7 Å². The van der Waals surface area contributed by atoms with E-state index in [1.807, 2.05) is 0 Å². The number of rotatable bonds is 4. The van der Waals surface area contributed by atoms with Crippen LogP contribution in [-0.2, 0) is 19.4 Å². The molecule has 2 aromatic heterocycles. The van der Waals surface area contributed by atoms with Crippen LogP contribution in [-0.4, -0.2) is 14.8 Å². The Balaban J connectivity index is 1.71. The van der Waals surface area contributed by atoms with Gasteiger partial charge in [-0.3, -0.25) is 14.7 Å². The third-order valence-corrected chi connectivity index (χ3v) is 4.70. The molecule has 25 heavy (non-hydrogen) atoms. The molecular weight excluding hydrogens is 314 g/mol. The summed E-state index contributed by atoms with van der Waals surface area (Å²) in [7, 11) is 0. The van der Waals surface area contributed by atoms with E-state index in [1.54, 1.807) is 0 Å². The average molecular weight is 333 g/mol. The molecule has 0 saturated heterocycles. The Kier molecular flexibility index (Phi) is 3.76. The fraction of sp³-hybridized carbons (Fsp3) is 0.200. The summed E-state index contributed by atoms with van der Waals surface area (Å²) >= 11 is 0. The lowest BCUT2D eigenvalue weighted by molar-refractivity contribution is 0.825. The lowest BCUT2D eigenvalue weighted by Crippen LogP contribution is -2.27. The molecule has 2 heterocycles. The largest absolute Gasteiger partial charge is 0.341 e. The van der Waals surface area contributed by atoms with Gasteiger partial charge in [0.15, 0.2) is 0 Å². The summed E-state index contributed by atoms with van der Waals surface area (Å²) in [5.74, 6) is 0. The molecule has 0 radical (unpaired) electrons. The maximum Gasteiger partial charge on any atom is 0.310 e. The van der Waals surface area contributed by atoms with Crippen LogP contribution in [0.1, 0.15) is 18.2 Å². The number of aryl methyl sites for hydroxylation is 3. The molecule has 0 atom stereocenters. The lowest BCUT2D eigenvalue weighted by Gasteiger charge is -2.05. The molecule has 0 aliphatic carbocycles. The van der Waals surface area contributed by atoms with Gasteiger partial charge in [0.2, 0.25) is 5.43 Å². The molecule has 4 rings (SSSR count). The predicted molar refractivity (Wildman–Crippen MR) is 100 cm³/mol. The van der Waals surface area contributed by atoms with E-state index in [1.165, 1.54) is 33.4 Å². The Morgan fingerprint density at radius 2 is 1.68 bits per heavy atom. The Hall–Kier alpha value is -3.08. The lowest BCUT2D eigenvalue weighted by atomic mass is 10.0. The monoisotopic (exact) mass is 333 g/mol. The van der Waals surface area contributed by atoms with Crippen molar-refractivity contribution in [1.82, 2.24) is 14.8 Å². The Bertz CT molecular complexity index is 1180. The van der Waals surface area contributed by atoms with Crippen LogP contribution >= 0.6 is 0 Å². The Morgan fingerprint density at radius 1 is 0.880 bits per heavy atom. The number of benzene rings is 2. The van der Waals surface area contributed by atoms with Crippen molar-refractivity contribution in [2.75, 3.05) is 0 Å². The molecule has 5 heteroatoms. The second kappa shape index (κ2) is 6.09. The van der Waals surface area contributed by atoms with Crippen molar-refractivity contribution in [3.8, 4) is 0 Å². The van der Waals surface area contributed by atoms with Crippen LogP contribution in [0.4, 0.5) is 0 Å². The van der Waals surface area contributed by atoms with Crippen molar-refractivity contribution in [1.29, 1.82) is 0 Å². The number of hydrogen-bond donors (Lipinski definition) is 2. The van der Waals surface area contributed by atoms with Crippen molar-refractivity contribution < 1.29 is 0 Å². The molecule has 0 fully saturated rings. The van der Waals surface area contributed by atoms with Gasteiger partial charge in [-0.05, 0) is 43.5 Å². The van der Waals surface area contributed by atoms with Crippen LogP contribution in [0.2, 0.25) is 0 Å². The summed E-state index contributed by atoms with van der Waals surface area (Å²) in [4.78, 5) is 22.6. The maximum absolute atomic E-state index is 11.4. The van der Waals surface area contributed by atoms with E-state index < -0.39 is 11.0 Å². The van der Waals surface area contributed by atoms with Gasteiger partial charge in [-0.25, -0.2) is 0 Å². The van der Waals surface area contributed by atoms with E-state index in [-0.39, 0.29) is 0 Å². The van der Waals surface area contributed by atoms with Crippen LogP contribution in [0.3, 0.4) is 0 Å². The van der Waals surface area contributed by atoms with Crippen molar-refractivity contribution >= 4 is 21.8 Å². The quantitative estimate of drug-likeness (QED) is 0.564. The zero-order valence-corrected chi connectivity index (χ0v) is 14.0. The molecule has 0 bridgehead atoms. The zero-order valence-electron chi connectivity index (χ0n) is 14.0. The van der Waals surface area contributed by atoms with E-state index in [4.69, 9.17) is 0 Å². The summed E-state index contributed by atoms with van der Waals surface area (Å²) in [6.45, 7) is 3.09. The van der Waals surface area contributed by atoms with E-state index in [9.17, 15) is 9.59 Å². The minimum absolute atomic E-state index is 0.504. The Morgan fingerprint density at radius 3 is 2.48 bits per heavy atom. The molecule has 2 aromatic carbocycles. The van der Waals surface area contributed by atoms with Crippen LogP contribution in [0, 0.1) is 0 Å². The van der Waals surface area contributed by atoms with Crippen molar-refractivity contribution in [3.05, 3.63) is 80.4 Å². The molecule has 0 aliphatic rings. The molecule has 0 unspecified atom stereocenters. The third-order valence-electron chi connectivity index (χ3n) is 4.70. The topological polar surface area (TPSA) is 70.7 Å². The van der Waals surface area contributed by atoms with Crippen molar-refractivity contribution in [2.24, 2.45) is 0 Å². The highest BCUT2D eigenvalue weighted by Gasteiger charge is 2.09. The molecule has 4 aromatic rings. The number of H-pyrrole nitrogens is 2. The van der Waals surface area contributed by atoms with Gasteiger partial charge in [0.25, 0.3) is 0 Å². The average Bonchev–Trinajstić information content (AvgIpc) is 2.96. The first-order chi connectivity index (χ1) is 12.2. The first-order valence-electron chi connectivity index (χ1n) is 8.48. The van der Waals surface area contributed by atoms with Crippen molar-refractivity contribution in [3.63, 3.8) is 0 Å².